The number of nitrogens with zero attached hydrogens (tertiary/aromatic N) is 1. The third kappa shape index (κ3) is 3.31. The van der Waals surface area contributed by atoms with E-state index in [1.54, 1.807) is 13.8 Å². The fraction of sp³-hybridized carbons (Fsp3) is 0.357. The standard InChI is InChI=1S/C14H18N2O5S2/c1-4-7-15-23(20,21)13-6-5-12(8-10(13)2)16-14(17)11(3)9-22(16,18)19/h4-6,8,11,15H,1,7,9H2,2-3H3. The van der Waals surface area contributed by atoms with Crippen molar-refractivity contribution in [2.45, 2.75) is 18.7 Å². The molecule has 0 spiro atoms. The number of amides is 1. The van der Waals surface area contributed by atoms with E-state index in [2.05, 4.69) is 11.3 Å². The van der Waals surface area contributed by atoms with E-state index in [0.717, 1.165) is 4.31 Å². The minimum Gasteiger partial charge on any atom is -0.273 e. The first kappa shape index (κ1) is 17.6. The number of hydrogen-bond donors (Lipinski definition) is 1. The van der Waals surface area contributed by atoms with Crippen molar-refractivity contribution < 1.29 is 21.6 Å². The van der Waals surface area contributed by atoms with Crippen LogP contribution in [0.2, 0.25) is 0 Å². The predicted molar refractivity (Wildman–Crippen MR) is 87.0 cm³/mol. The van der Waals surface area contributed by atoms with Crippen molar-refractivity contribution in [3.63, 3.8) is 0 Å². The van der Waals surface area contributed by atoms with Crippen molar-refractivity contribution in [3.05, 3.63) is 36.4 Å². The topological polar surface area (TPSA) is 101 Å². The highest BCUT2D eigenvalue weighted by molar-refractivity contribution is 7.94. The van der Waals surface area contributed by atoms with E-state index in [-0.39, 0.29) is 22.9 Å². The van der Waals surface area contributed by atoms with Crippen LogP contribution >= 0.6 is 0 Å². The Bertz CT molecular complexity index is 859. The van der Waals surface area contributed by atoms with Crippen molar-refractivity contribution in [3.8, 4) is 0 Å². The first-order valence-electron chi connectivity index (χ1n) is 6.88. The summed E-state index contributed by atoms with van der Waals surface area (Å²) in [6.07, 6.45) is 1.41. The minimum absolute atomic E-state index is 0.0280. The van der Waals surface area contributed by atoms with Crippen molar-refractivity contribution >= 4 is 31.6 Å². The smallest absolute Gasteiger partial charge is 0.244 e. The highest BCUT2D eigenvalue weighted by Crippen LogP contribution is 2.30. The SMILES string of the molecule is C=CCNS(=O)(=O)c1ccc(N2C(=O)C(C)CS2(=O)=O)cc1C. The highest BCUT2D eigenvalue weighted by Gasteiger charge is 2.42. The first-order valence-corrected chi connectivity index (χ1v) is 9.97. The average molecular weight is 358 g/mol. The van der Waals surface area contributed by atoms with Crippen LogP contribution in [0.1, 0.15) is 12.5 Å². The van der Waals surface area contributed by atoms with Gasteiger partial charge in [0, 0.05) is 6.54 Å². The van der Waals surface area contributed by atoms with Crippen LogP contribution in [0, 0.1) is 12.8 Å². The molecular formula is C14H18N2O5S2. The summed E-state index contributed by atoms with van der Waals surface area (Å²) in [5.74, 6) is -1.37. The summed E-state index contributed by atoms with van der Waals surface area (Å²) >= 11 is 0. The summed E-state index contributed by atoms with van der Waals surface area (Å²) in [7, 11) is -7.43. The molecule has 1 fully saturated rings. The van der Waals surface area contributed by atoms with Crippen LogP contribution in [0.4, 0.5) is 5.69 Å². The van der Waals surface area contributed by atoms with E-state index < -0.39 is 31.9 Å². The molecule has 1 aromatic carbocycles. The van der Waals surface area contributed by atoms with Crippen molar-refractivity contribution in [2.24, 2.45) is 5.92 Å². The Labute approximate surface area is 136 Å². The van der Waals surface area contributed by atoms with Crippen LogP contribution in [0.3, 0.4) is 0 Å². The third-order valence-corrected chi connectivity index (χ3v) is 6.91. The molecule has 1 unspecified atom stereocenters. The molecule has 1 N–H and O–H groups in total. The maximum absolute atomic E-state index is 12.1. The number of carbonyl (C=O) groups is 1. The fourth-order valence-corrected chi connectivity index (χ4v) is 5.43. The molecule has 1 atom stereocenters. The van der Waals surface area contributed by atoms with Gasteiger partial charge in [-0.1, -0.05) is 13.0 Å². The Kier molecular flexibility index (Phi) is 4.65. The fourth-order valence-electron chi connectivity index (χ4n) is 2.39. The molecule has 0 saturated carbocycles. The Morgan fingerprint density at radius 3 is 2.57 bits per heavy atom. The molecule has 1 saturated heterocycles. The Hall–Kier alpha value is -1.71. The normalized spacial score (nSPS) is 20.7. The second-order valence-corrected chi connectivity index (χ2v) is 8.97. The summed E-state index contributed by atoms with van der Waals surface area (Å²) in [6.45, 7) is 6.61. The van der Waals surface area contributed by atoms with Crippen molar-refractivity contribution in [2.75, 3.05) is 16.6 Å². The van der Waals surface area contributed by atoms with Gasteiger partial charge in [0.2, 0.25) is 26.0 Å². The number of anilines is 1. The van der Waals surface area contributed by atoms with Gasteiger partial charge in [0.1, 0.15) is 0 Å². The van der Waals surface area contributed by atoms with Gasteiger partial charge in [-0.15, -0.1) is 6.58 Å². The monoisotopic (exact) mass is 358 g/mol. The molecule has 126 valence electrons. The first-order chi connectivity index (χ1) is 10.6. The Balaban J connectivity index is 2.45. The molecule has 7 nitrogen and oxygen atoms in total. The van der Waals surface area contributed by atoms with E-state index in [4.69, 9.17) is 0 Å². The lowest BCUT2D eigenvalue weighted by Gasteiger charge is -2.17. The molecule has 0 bridgehead atoms. The molecule has 0 radical (unpaired) electrons. The summed E-state index contributed by atoms with van der Waals surface area (Å²) < 4.78 is 51.5. The van der Waals surface area contributed by atoms with E-state index in [9.17, 15) is 21.6 Å². The number of aryl methyl sites for hydroxylation is 1. The minimum atomic E-state index is -3.72. The molecule has 0 aliphatic carbocycles. The second kappa shape index (κ2) is 6.06. The summed E-state index contributed by atoms with van der Waals surface area (Å²) in [6, 6.07) is 4.00. The quantitative estimate of drug-likeness (QED) is 0.784. The number of carbonyl (C=O) groups excluding carboxylic acids is 1. The van der Waals surface area contributed by atoms with Gasteiger partial charge >= 0.3 is 0 Å². The van der Waals surface area contributed by atoms with E-state index in [1.165, 1.54) is 24.3 Å². The van der Waals surface area contributed by atoms with E-state index in [0.29, 0.717) is 5.56 Å². The number of hydrogen-bond acceptors (Lipinski definition) is 5. The van der Waals surface area contributed by atoms with E-state index in [1.807, 2.05) is 0 Å². The molecule has 23 heavy (non-hydrogen) atoms. The van der Waals surface area contributed by atoms with Gasteiger partial charge in [0.15, 0.2) is 0 Å². The number of nitrogens with one attached hydrogen (secondary N) is 1. The summed E-state index contributed by atoms with van der Waals surface area (Å²) in [4.78, 5) is 12.1. The maximum atomic E-state index is 12.1. The molecule has 1 aromatic rings. The summed E-state index contributed by atoms with van der Waals surface area (Å²) in [5.41, 5.74) is 0.501. The Morgan fingerprint density at radius 2 is 2.09 bits per heavy atom. The van der Waals surface area contributed by atoms with Gasteiger partial charge in [-0.05, 0) is 30.7 Å². The van der Waals surface area contributed by atoms with Crippen molar-refractivity contribution in [1.82, 2.24) is 4.72 Å². The van der Waals surface area contributed by atoms with E-state index >= 15 is 0 Å². The number of rotatable bonds is 5. The number of benzene rings is 1. The summed E-state index contributed by atoms with van der Waals surface area (Å²) in [5, 5.41) is 0. The zero-order chi connectivity index (χ0) is 17.4. The van der Waals surface area contributed by atoms with Gasteiger partial charge < -0.3 is 0 Å². The maximum Gasteiger partial charge on any atom is 0.244 e. The Morgan fingerprint density at radius 1 is 1.43 bits per heavy atom. The lowest BCUT2D eigenvalue weighted by Crippen LogP contribution is -2.30. The number of sulfonamides is 2. The average Bonchev–Trinajstić information content (AvgIpc) is 2.64. The molecular weight excluding hydrogens is 340 g/mol. The second-order valence-electron chi connectivity index (χ2n) is 5.37. The zero-order valence-electron chi connectivity index (χ0n) is 12.8. The van der Waals surface area contributed by atoms with Crippen LogP contribution in [-0.2, 0) is 24.8 Å². The van der Waals surface area contributed by atoms with Crippen LogP contribution in [0.15, 0.2) is 35.7 Å². The predicted octanol–water partition coefficient (Wildman–Crippen LogP) is 0.772. The van der Waals surface area contributed by atoms with Gasteiger partial charge in [0.25, 0.3) is 0 Å². The zero-order valence-corrected chi connectivity index (χ0v) is 14.4. The molecule has 1 aliphatic heterocycles. The van der Waals surface area contributed by atoms with Gasteiger partial charge in [0.05, 0.1) is 22.3 Å². The lowest BCUT2D eigenvalue weighted by atomic mass is 10.2. The van der Waals surface area contributed by atoms with Crippen LogP contribution in [0.5, 0.6) is 0 Å². The molecule has 1 aliphatic rings. The highest BCUT2D eigenvalue weighted by atomic mass is 32.2. The van der Waals surface area contributed by atoms with Crippen LogP contribution in [-0.4, -0.2) is 35.0 Å². The van der Waals surface area contributed by atoms with Gasteiger partial charge in [-0.25, -0.2) is 25.9 Å². The largest absolute Gasteiger partial charge is 0.273 e. The third-order valence-electron chi connectivity index (χ3n) is 3.46. The van der Waals surface area contributed by atoms with Crippen LogP contribution < -0.4 is 9.03 Å². The molecule has 2 rings (SSSR count). The van der Waals surface area contributed by atoms with Crippen LogP contribution in [0.25, 0.3) is 0 Å². The molecule has 9 heteroatoms. The molecule has 0 aromatic heterocycles. The molecule has 1 amide bonds. The lowest BCUT2D eigenvalue weighted by molar-refractivity contribution is -0.119. The van der Waals surface area contributed by atoms with Gasteiger partial charge in [-0.3, -0.25) is 4.79 Å². The van der Waals surface area contributed by atoms with Crippen molar-refractivity contribution in [1.29, 1.82) is 0 Å². The van der Waals surface area contributed by atoms with Gasteiger partial charge in [-0.2, -0.15) is 0 Å². The molecule has 1 heterocycles.